The third kappa shape index (κ3) is 1.46. The normalized spacial score (nSPS) is 10.8. The van der Waals surface area contributed by atoms with E-state index in [0.717, 1.165) is 5.56 Å². The number of phenols is 1. The maximum absolute atomic E-state index is 9.57. The van der Waals surface area contributed by atoms with Crippen LogP contribution in [0, 0.1) is 0 Å². The third-order valence-corrected chi connectivity index (χ3v) is 2.50. The van der Waals surface area contributed by atoms with E-state index in [2.05, 4.69) is 15.2 Å². The SMILES string of the molecule is Nc1ccc(-c2nnc3ccncn23)cc1O. The molecule has 0 aliphatic carbocycles. The smallest absolute Gasteiger partial charge is 0.169 e. The lowest BCUT2D eigenvalue weighted by Gasteiger charge is -2.02. The van der Waals surface area contributed by atoms with E-state index in [1.807, 2.05) is 0 Å². The Labute approximate surface area is 96.4 Å². The zero-order valence-electron chi connectivity index (χ0n) is 8.78. The van der Waals surface area contributed by atoms with Gasteiger partial charge in [0.1, 0.15) is 12.1 Å². The number of phenolic OH excluding ortho intramolecular Hbond substituents is 1. The number of aromatic nitrogens is 4. The van der Waals surface area contributed by atoms with E-state index in [9.17, 15) is 5.11 Å². The number of hydrogen-bond acceptors (Lipinski definition) is 5. The van der Waals surface area contributed by atoms with Gasteiger partial charge in [0.25, 0.3) is 0 Å². The van der Waals surface area contributed by atoms with Gasteiger partial charge in [-0.3, -0.25) is 4.40 Å². The Balaban J connectivity index is 2.24. The first kappa shape index (κ1) is 9.59. The van der Waals surface area contributed by atoms with Gasteiger partial charge in [0, 0.05) is 17.8 Å². The van der Waals surface area contributed by atoms with Gasteiger partial charge in [0.15, 0.2) is 11.5 Å². The quantitative estimate of drug-likeness (QED) is 0.479. The molecule has 84 valence electrons. The molecule has 0 saturated carbocycles. The van der Waals surface area contributed by atoms with E-state index in [4.69, 9.17) is 5.73 Å². The lowest BCUT2D eigenvalue weighted by Crippen LogP contribution is -1.91. The van der Waals surface area contributed by atoms with Gasteiger partial charge in [0.2, 0.25) is 0 Å². The number of hydrogen-bond donors (Lipinski definition) is 2. The van der Waals surface area contributed by atoms with Crippen LogP contribution in [0.25, 0.3) is 17.0 Å². The summed E-state index contributed by atoms with van der Waals surface area (Å²) in [6.07, 6.45) is 3.27. The van der Waals surface area contributed by atoms with Crippen molar-refractivity contribution in [3.8, 4) is 17.1 Å². The van der Waals surface area contributed by atoms with Gasteiger partial charge in [-0.15, -0.1) is 10.2 Å². The third-order valence-electron chi connectivity index (χ3n) is 2.50. The molecule has 0 bridgehead atoms. The fourth-order valence-corrected chi connectivity index (χ4v) is 1.63. The minimum absolute atomic E-state index is 0.0307. The van der Waals surface area contributed by atoms with E-state index in [1.165, 1.54) is 0 Å². The van der Waals surface area contributed by atoms with Gasteiger partial charge in [-0.1, -0.05) is 0 Å². The number of nitrogen functional groups attached to an aromatic ring is 1. The largest absolute Gasteiger partial charge is 0.506 e. The Morgan fingerprint density at radius 3 is 2.88 bits per heavy atom. The molecule has 3 aromatic rings. The van der Waals surface area contributed by atoms with Crippen LogP contribution in [0.2, 0.25) is 0 Å². The Kier molecular flexibility index (Phi) is 1.94. The molecule has 3 rings (SSSR count). The lowest BCUT2D eigenvalue weighted by atomic mass is 10.2. The summed E-state index contributed by atoms with van der Waals surface area (Å²) >= 11 is 0. The summed E-state index contributed by atoms with van der Waals surface area (Å²) < 4.78 is 1.74. The molecule has 2 aromatic heterocycles. The van der Waals surface area contributed by atoms with Crippen LogP contribution in [-0.4, -0.2) is 24.7 Å². The van der Waals surface area contributed by atoms with E-state index in [1.54, 1.807) is 41.2 Å². The van der Waals surface area contributed by atoms with E-state index < -0.39 is 0 Å². The summed E-state index contributed by atoms with van der Waals surface area (Å²) in [6.45, 7) is 0. The molecular formula is C11H9N5O. The van der Waals surface area contributed by atoms with Crippen LogP contribution in [0.15, 0.2) is 36.8 Å². The minimum Gasteiger partial charge on any atom is -0.506 e. The zero-order valence-corrected chi connectivity index (χ0v) is 8.78. The first-order valence-electron chi connectivity index (χ1n) is 4.99. The van der Waals surface area contributed by atoms with Crippen LogP contribution in [0.4, 0.5) is 5.69 Å². The molecule has 6 heteroatoms. The fraction of sp³-hybridized carbons (Fsp3) is 0. The first-order valence-corrected chi connectivity index (χ1v) is 4.99. The van der Waals surface area contributed by atoms with Crippen LogP contribution in [0.1, 0.15) is 0 Å². The number of anilines is 1. The van der Waals surface area contributed by atoms with Gasteiger partial charge in [-0.05, 0) is 18.2 Å². The number of aromatic hydroxyl groups is 1. The number of rotatable bonds is 1. The summed E-state index contributed by atoms with van der Waals surface area (Å²) in [5.41, 5.74) is 7.32. The predicted octanol–water partition coefficient (Wildman–Crippen LogP) is 1.08. The average Bonchev–Trinajstić information content (AvgIpc) is 2.76. The maximum Gasteiger partial charge on any atom is 0.169 e. The Bertz CT molecular complexity index is 691. The van der Waals surface area contributed by atoms with Gasteiger partial charge < -0.3 is 10.8 Å². The van der Waals surface area contributed by atoms with Crippen LogP contribution < -0.4 is 5.73 Å². The monoisotopic (exact) mass is 227 g/mol. The second kappa shape index (κ2) is 3.44. The molecule has 3 N–H and O–H groups in total. The van der Waals surface area contributed by atoms with E-state index in [0.29, 0.717) is 17.2 Å². The Morgan fingerprint density at radius 1 is 1.18 bits per heavy atom. The number of nitrogens with two attached hydrogens (primary N) is 1. The highest BCUT2D eigenvalue weighted by atomic mass is 16.3. The highest BCUT2D eigenvalue weighted by Crippen LogP contribution is 2.26. The summed E-state index contributed by atoms with van der Waals surface area (Å²) in [7, 11) is 0. The highest BCUT2D eigenvalue weighted by molar-refractivity contribution is 5.66. The van der Waals surface area contributed by atoms with Crippen LogP contribution in [0.5, 0.6) is 5.75 Å². The number of nitrogens with zero attached hydrogens (tertiary/aromatic N) is 4. The molecule has 0 atom stereocenters. The standard InChI is InChI=1S/C11H9N5O/c12-8-2-1-7(5-9(8)17)11-15-14-10-3-4-13-6-16(10)11/h1-6,17H,12H2. The van der Waals surface area contributed by atoms with Crippen molar-refractivity contribution in [1.82, 2.24) is 19.6 Å². The minimum atomic E-state index is 0.0307. The van der Waals surface area contributed by atoms with Crippen molar-refractivity contribution in [2.75, 3.05) is 5.73 Å². The second-order valence-corrected chi connectivity index (χ2v) is 3.61. The van der Waals surface area contributed by atoms with Crippen molar-refractivity contribution in [1.29, 1.82) is 0 Å². The molecule has 0 aliphatic rings. The van der Waals surface area contributed by atoms with Crippen molar-refractivity contribution in [2.24, 2.45) is 0 Å². The Morgan fingerprint density at radius 2 is 2.06 bits per heavy atom. The molecule has 1 aromatic carbocycles. The summed E-state index contributed by atoms with van der Waals surface area (Å²) in [6, 6.07) is 6.72. The highest BCUT2D eigenvalue weighted by Gasteiger charge is 2.09. The van der Waals surface area contributed by atoms with Crippen molar-refractivity contribution >= 4 is 11.3 Å². The predicted molar refractivity (Wildman–Crippen MR) is 62.3 cm³/mol. The zero-order chi connectivity index (χ0) is 11.8. The van der Waals surface area contributed by atoms with E-state index in [-0.39, 0.29) is 5.75 Å². The molecule has 17 heavy (non-hydrogen) atoms. The molecule has 0 saturated heterocycles. The summed E-state index contributed by atoms with van der Waals surface area (Å²) in [5, 5.41) is 17.6. The van der Waals surface area contributed by atoms with Gasteiger partial charge in [-0.2, -0.15) is 0 Å². The van der Waals surface area contributed by atoms with Crippen molar-refractivity contribution < 1.29 is 5.11 Å². The van der Waals surface area contributed by atoms with Crippen LogP contribution >= 0.6 is 0 Å². The molecule has 0 aliphatic heterocycles. The summed E-state index contributed by atoms with van der Waals surface area (Å²) in [4.78, 5) is 4.01. The molecule has 0 amide bonds. The molecule has 6 nitrogen and oxygen atoms in total. The maximum atomic E-state index is 9.57. The van der Waals surface area contributed by atoms with Crippen LogP contribution in [0.3, 0.4) is 0 Å². The molecule has 0 spiro atoms. The van der Waals surface area contributed by atoms with Crippen molar-refractivity contribution in [3.05, 3.63) is 36.8 Å². The molecule has 0 radical (unpaired) electrons. The molecule has 0 fully saturated rings. The summed E-state index contributed by atoms with van der Waals surface area (Å²) in [5.74, 6) is 0.645. The molecule has 0 unspecified atom stereocenters. The fourth-order valence-electron chi connectivity index (χ4n) is 1.63. The topological polar surface area (TPSA) is 89.3 Å². The van der Waals surface area contributed by atoms with E-state index >= 15 is 0 Å². The number of fused-ring (bicyclic) bond motifs is 1. The van der Waals surface area contributed by atoms with Crippen molar-refractivity contribution in [3.63, 3.8) is 0 Å². The van der Waals surface area contributed by atoms with Gasteiger partial charge >= 0.3 is 0 Å². The van der Waals surface area contributed by atoms with Crippen molar-refractivity contribution in [2.45, 2.75) is 0 Å². The number of benzene rings is 1. The lowest BCUT2D eigenvalue weighted by molar-refractivity contribution is 0.478. The van der Waals surface area contributed by atoms with Gasteiger partial charge in [-0.25, -0.2) is 4.98 Å². The first-order chi connectivity index (χ1) is 8.25. The van der Waals surface area contributed by atoms with Gasteiger partial charge in [0.05, 0.1) is 5.69 Å². The molecular weight excluding hydrogens is 218 g/mol. The second-order valence-electron chi connectivity index (χ2n) is 3.61. The molecule has 2 heterocycles. The van der Waals surface area contributed by atoms with Crippen LogP contribution in [-0.2, 0) is 0 Å². The Hall–Kier alpha value is -2.63. The average molecular weight is 227 g/mol.